The molecule has 5 nitrogen and oxygen atoms in total. The van der Waals surface area contributed by atoms with Crippen LogP contribution in [-0.2, 0) is 16.1 Å². The van der Waals surface area contributed by atoms with Crippen molar-refractivity contribution in [1.82, 2.24) is 10.6 Å². The highest BCUT2D eigenvalue weighted by molar-refractivity contribution is 5.88. The first-order chi connectivity index (χ1) is 9.65. The Morgan fingerprint density at radius 2 is 1.85 bits per heavy atom. The lowest BCUT2D eigenvalue weighted by Gasteiger charge is -2.07. The second kappa shape index (κ2) is 7.05. The first-order valence-electron chi connectivity index (χ1n) is 7.00. The summed E-state index contributed by atoms with van der Waals surface area (Å²) < 4.78 is 0. The van der Waals surface area contributed by atoms with Gasteiger partial charge in [0, 0.05) is 38.2 Å². The molecule has 0 bridgehead atoms. The third-order valence-electron chi connectivity index (χ3n) is 3.15. The Morgan fingerprint density at radius 3 is 2.45 bits per heavy atom. The zero-order chi connectivity index (χ0) is 14.4. The van der Waals surface area contributed by atoms with Gasteiger partial charge >= 0.3 is 0 Å². The Labute approximate surface area is 119 Å². The first kappa shape index (κ1) is 14.5. The van der Waals surface area contributed by atoms with Crippen LogP contribution in [0.15, 0.2) is 24.3 Å². The van der Waals surface area contributed by atoms with E-state index in [9.17, 15) is 9.59 Å². The summed E-state index contributed by atoms with van der Waals surface area (Å²) in [7, 11) is 0. The van der Waals surface area contributed by atoms with Crippen LogP contribution in [0, 0.1) is 5.92 Å². The minimum absolute atomic E-state index is 0.0673. The van der Waals surface area contributed by atoms with E-state index in [0.717, 1.165) is 37.2 Å². The van der Waals surface area contributed by atoms with Crippen molar-refractivity contribution in [3.63, 3.8) is 0 Å². The summed E-state index contributed by atoms with van der Waals surface area (Å²) in [6.07, 6.45) is 2.08. The topological polar surface area (TPSA) is 70.2 Å². The zero-order valence-corrected chi connectivity index (χ0v) is 11.7. The van der Waals surface area contributed by atoms with Gasteiger partial charge in [0.2, 0.25) is 11.8 Å². The Kier molecular flexibility index (Phi) is 5.12. The molecule has 0 spiro atoms. The van der Waals surface area contributed by atoms with Crippen molar-refractivity contribution in [3.05, 3.63) is 29.8 Å². The summed E-state index contributed by atoms with van der Waals surface area (Å²) in [5.41, 5.74) is 1.95. The number of hydrogen-bond donors (Lipinski definition) is 3. The maximum absolute atomic E-state index is 11.4. The van der Waals surface area contributed by atoms with Crippen LogP contribution in [0.25, 0.3) is 0 Å². The molecule has 5 heteroatoms. The quantitative estimate of drug-likeness (QED) is 0.656. The summed E-state index contributed by atoms with van der Waals surface area (Å²) in [5, 5.41) is 8.92. The van der Waals surface area contributed by atoms with Gasteiger partial charge in [0.05, 0.1) is 0 Å². The summed E-state index contributed by atoms with van der Waals surface area (Å²) in [4.78, 5) is 22.3. The van der Waals surface area contributed by atoms with Gasteiger partial charge in [-0.15, -0.1) is 0 Å². The van der Waals surface area contributed by atoms with E-state index in [4.69, 9.17) is 0 Å². The molecule has 1 aliphatic carbocycles. The number of rotatable bonds is 7. The molecule has 0 heterocycles. The molecule has 20 heavy (non-hydrogen) atoms. The lowest BCUT2D eigenvalue weighted by atomic mass is 10.2. The predicted octanol–water partition coefficient (Wildman–Crippen LogP) is 1.26. The maximum Gasteiger partial charge on any atom is 0.223 e. The number of carbonyl (C=O) groups excluding carboxylic acids is 2. The van der Waals surface area contributed by atoms with Gasteiger partial charge in [-0.25, -0.2) is 0 Å². The Morgan fingerprint density at radius 1 is 1.15 bits per heavy atom. The first-order valence-corrected chi connectivity index (χ1v) is 7.00. The van der Waals surface area contributed by atoms with Crippen molar-refractivity contribution in [2.24, 2.45) is 5.92 Å². The summed E-state index contributed by atoms with van der Waals surface area (Å²) in [6.45, 7) is 3.66. The molecule has 1 saturated carbocycles. The SMILES string of the molecule is CC(=O)Nc1ccc(CNCCNC(=O)C2CC2)cc1. The Bertz CT molecular complexity index is 467. The number of carbonyl (C=O) groups is 2. The van der Waals surface area contributed by atoms with E-state index in [0.29, 0.717) is 6.54 Å². The van der Waals surface area contributed by atoms with Gasteiger partial charge in [-0.1, -0.05) is 12.1 Å². The summed E-state index contributed by atoms with van der Waals surface area (Å²) in [6, 6.07) is 7.71. The van der Waals surface area contributed by atoms with E-state index in [1.165, 1.54) is 6.92 Å². The van der Waals surface area contributed by atoms with E-state index in [2.05, 4.69) is 16.0 Å². The van der Waals surface area contributed by atoms with Crippen molar-refractivity contribution in [1.29, 1.82) is 0 Å². The average molecular weight is 275 g/mol. The minimum Gasteiger partial charge on any atom is -0.355 e. The lowest BCUT2D eigenvalue weighted by molar-refractivity contribution is -0.122. The predicted molar refractivity (Wildman–Crippen MR) is 78.2 cm³/mol. The van der Waals surface area contributed by atoms with Crippen molar-refractivity contribution in [2.45, 2.75) is 26.3 Å². The second-order valence-electron chi connectivity index (χ2n) is 5.12. The molecule has 1 aliphatic rings. The molecule has 0 radical (unpaired) electrons. The molecular weight excluding hydrogens is 254 g/mol. The van der Waals surface area contributed by atoms with Gasteiger partial charge < -0.3 is 16.0 Å². The van der Waals surface area contributed by atoms with Gasteiger partial charge in [0.1, 0.15) is 0 Å². The number of benzene rings is 1. The smallest absolute Gasteiger partial charge is 0.223 e. The number of hydrogen-bond acceptors (Lipinski definition) is 3. The molecule has 0 aromatic heterocycles. The average Bonchev–Trinajstić information content (AvgIpc) is 3.24. The molecule has 1 fully saturated rings. The van der Waals surface area contributed by atoms with Crippen molar-refractivity contribution in [2.75, 3.05) is 18.4 Å². The second-order valence-corrected chi connectivity index (χ2v) is 5.12. The van der Waals surface area contributed by atoms with Crippen molar-refractivity contribution < 1.29 is 9.59 Å². The summed E-state index contributed by atoms with van der Waals surface area (Å²) >= 11 is 0. The van der Waals surface area contributed by atoms with Crippen LogP contribution < -0.4 is 16.0 Å². The highest BCUT2D eigenvalue weighted by Crippen LogP contribution is 2.28. The largest absolute Gasteiger partial charge is 0.355 e. The standard InChI is InChI=1S/C15H21N3O2/c1-11(19)18-14-6-2-12(3-7-14)10-16-8-9-17-15(20)13-4-5-13/h2-3,6-7,13,16H,4-5,8-10H2,1H3,(H,17,20)(H,18,19). The molecule has 1 aromatic carbocycles. The van der Waals surface area contributed by atoms with Crippen LogP contribution >= 0.6 is 0 Å². The van der Waals surface area contributed by atoms with Gasteiger partial charge in [0.15, 0.2) is 0 Å². The fourth-order valence-electron chi connectivity index (χ4n) is 1.91. The minimum atomic E-state index is -0.0673. The number of amides is 2. The van der Waals surface area contributed by atoms with Gasteiger partial charge in [-0.3, -0.25) is 9.59 Å². The van der Waals surface area contributed by atoms with Crippen LogP contribution in [0.2, 0.25) is 0 Å². The van der Waals surface area contributed by atoms with E-state index in [1.54, 1.807) is 0 Å². The molecule has 108 valence electrons. The molecule has 1 aromatic rings. The fraction of sp³-hybridized carbons (Fsp3) is 0.467. The molecule has 2 amide bonds. The van der Waals surface area contributed by atoms with Crippen LogP contribution in [0.5, 0.6) is 0 Å². The highest BCUT2D eigenvalue weighted by Gasteiger charge is 2.28. The zero-order valence-electron chi connectivity index (χ0n) is 11.7. The molecule has 0 unspecified atom stereocenters. The van der Waals surface area contributed by atoms with Gasteiger partial charge in [-0.05, 0) is 30.5 Å². The lowest BCUT2D eigenvalue weighted by Crippen LogP contribution is -2.32. The normalized spacial score (nSPS) is 13.8. The van der Waals surface area contributed by atoms with Crippen molar-refractivity contribution in [3.8, 4) is 0 Å². The Balaban J connectivity index is 1.61. The van der Waals surface area contributed by atoms with Gasteiger partial charge in [-0.2, -0.15) is 0 Å². The van der Waals surface area contributed by atoms with Crippen LogP contribution in [-0.4, -0.2) is 24.9 Å². The maximum atomic E-state index is 11.4. The summed E-state index contributed by atoms with van der Waals surface area (Å²) in [5.74, 6) is 0.394. The van der Waals surface area contributed by atoms with Crippen LogP contribution in [0.3, 0.4) is 0 Å². The molecular formula is C15H21N3O2. The third kappa shape index (κ3) is 5.01. The molecule has 0 aliphatic heterocycles. The van der Waals surface area contributed by atoms with E-state index < -0.39 is 0 Å². The van der Waals surface area contributed by atoms with E-state index in [-0.39, 0.29) is 17.7 Å². The van der Waals surface area contributed by atoms with E-state index in [1.807, 2.05) is 24.3 Å². The van der Waals surface area contributed by atoms with Gasteiger partial charge in [0.25, 0.3) is 0 Å². The van der Waals surface area contributed by atoms with Crippen LogP contribution in [0.4, 0.5) is 5.69 Å². The molecule has 0 saturated heterocycles. The fourth-order valence-corrected chi connectivity index (χ4v) is 1.91. The van der Waals surface area contributed by atoms with Crippen molar-refractivity contribution >= 4 is 17.5 Å². The molecule has 3 N–H and O–H groups in total. The molecule has 0 atom stereocenters. The number of nitrogens with one attached hydrogen (secondary N) is 3. The molecule has 2 rings (SSSR count). The van der Waals surface area contributed by atoms with E-state index >= 15 is 0 Å². The number of anilines is 1. The third-order valence-corrected chi connectivity index (χ3v) is 3.15. The monoisotopic (exact) mass is 275 g/mol. The van der Waals surface area contributed by atoms with Crippen LogP contribution in [0.1, 0.15) is 25.3 Å². The highest BCUT2D eigenvalue weighted by atomic mass is 16.2. The Hall–Kier alpha value is -1.88.